The minimum Gasteiger partial charge on any atom is -0.480 e. The van der Waals surface area contributed by atoms with Gasteiger partial charge in [0.1, 0.15) is 6.04 Å². The van der Waals surface area contributed by atoms with Crippen LogP contribution in [-0.2, 0) is 14.4 Å². The molecule has 8 N–H and O–H groups in total. The standard InChI is InChI=1S/C15H28N6O4/c1-9(16)13(23)21-7-4-10(5-8-21)12(22)20-11(14(24)25)3-2-6-19-15(17)18/h9-11H,2-8,16H2,1H3,(H,20,22)(H,24,25)(H4,17,18,19). The van der Waals surface area contributed by atoms with Crippen LogP contribution < -0.4 is 22.5 Å². The van der Waals surface area contributed by atoms with Crippen LogP contribution in [0.3, 0.4) is 0 Å². The Morgan fingerprint density at radius 1 is 1.28 bits per heavy atom. The zero-order valence-corrected chi connectivity index (χ0v) is 14.5. The Labute approximate surface area is 146 Å². The lowest BCUT2D eigenvalue weighted by Gasteiger charge is -2.32. The molecule has 0 aliphatic carbocycles. The molecule has 2 unspecified atom stereocenters. The van der Waals surface area contributed by atoms with Gasteiger partial charge in [-0.2, -0.15) is 0 Å². The smallest absolute Gasteiger partial charge is 0.326 e. The summed E-state index contributed by atoms with van der Waals surface area (Å²) in [6, 6.07) is -1.54. The number of nitrogens with zero attached hydrogens (tertiary/aromatic N) is 2. The van der Waals surface area contributed by atoms with E-state index in [9.17, 15) is 19.5 Å². The third-order valence-electron chi connectivity index (χ3n) is 4.13. The highest BCUT2D eigenvalue weighted by atomic mass is 16.4. The number of hydrogen-bond donors (Lipinski definition) is 5. The van der Waals surface area contributed by atoms with Gasteiger partial charge in [0.2, 0.25) is 11.8 Å². The second kappa shape index (κ2) is 9.82. The molecule has 10 heteroatoms. The molecule has 0 aromatic heterocycles. The van der Waals surface area contributed by atoms with Crippen molar-refractivity contribution in [2.24, 2.45) is 28.1 Å². The summed E-state index contributed by atoms with van der Waals surface area (Å²) in [6.07, 6.45) is 1.66. The van der Waals surface area contributed by atoms with Gasteiger partial charge in [0.15, 0.2) is 5.96 Å². The molecule has 0 bridgehead atoms. The number of rotatable bonds is 8. The maximum Gasteiger partial charge on any atom is 0.326 e. The summed E-state index contributed by atoms with van der Waals surface area (Å²) in [7, 11) is 0. The maximum absolute atomic E-state index is 12.3. The summed E-state index contributed by atoms with van der Waals surface area (Å²) < 4.78 is 0. The Bertz CT molecular complexity index is 510. The molecule has 10 nitrogen and oxygen atoms in total. The second-order valence-electron chi connectivity index (χ2n) is 6.24. The van der Waals surface area contributed by atoms with Crippen molar-refractivity contribution in [2.45, 2.75) is 44.7 Å². The van der Waals surface area contributed by atoms with Gasteiger partial charge in [-0.05, 0) is 32.6 Å². The normalized spacial score (nSPS) is 17.4. The number of piperidine rings is 1. The molecule has 0 spiro atoms. The number of nitrogens with one attached hydrogen (secondary N) is 1. The van der Waals surface area contributed by atoms with Crippen LogP contribution in [0.5, 0.6) is 0 Å². The zero-order valence-electron chi connectivity index (χ0n) is 14.5. The number of carbonyl (C=O) groups is 3. The summed E-state index contributed by atoms with van der Waals surface area (Å²) >= 11 is 0. The van der Waals surface area contributed by atoms with E-state index in [1.165, 1.54) is 0 Å². The molecule has 2 atom stereocenters. The third-order valence-corrected chi connectivity index (χ3v) is 4.13. The van der Waals surface area contributed by atoms with E-state index in [-0.39, 0.29) is 30.1 Å². The van der Waals surface area contributed by atoms with E-state index in [0.29, 0.717) is 38.9 Å². The van der Waals surface area contributed by atoms with Gasteiger partial charge in [-0.25, -0.2) is 4.79 Å². The number of guanidine groups is 1. The quantitative estimate of drug-likeness (QED) is 0.193. The van der Waals surface area contributed by atoms with Crippen molar-refractivity contribution >= 4 is 23.7 Å². The molecule has 1 rings (SSSR count). The summed E-state index contributed by atoms with van der Waals surface area (Å²) in [5, 5.41) is 11.8. The highest BCUT2D eigenvalue weighted by Crippen LogP contribution is 2.18. The molecule has 1 fully saturated rings. The van der Waals surface area contributed by atoms with Crippen molar-refractivity contribution in [1.82, 2.24) is 10.2 Å². The van der Waals surface area contributed by atoms with Crippen molar-refractivity contribution in [2.75, 3.05) is 19.6 Å². The number of carboxylic acids is 1. The average Bonchev–Trinajstić information content (AvgIpc) is 2.56. The van der Waals surface area contributed by atoms with Crippen molar-refractivity contribution in [3.8, 4) is 0 Å². The fourth-order valence-electron chi connectivity index (χ4n) is 2.70. The number of nitrogens with two attached hydrogens (primary N) is 3. The van der Waals surface area contributed by atoms with E-state index < -0.39 is 18.1 Å². The van der Waals surface area contributed by atoms with E-state index >= 15 is 0 Å². The molecule has 1 aliphatic heterocycles. The van der Waals surface area contributed by atoms with Crippen molar-refractivity contribution in [3.05, 3.63) is 0 Å². The lowest BCUT2D eigenvalue weighted by Crippen LogP contribution is -2.49. The molecule has 1 saturated heterocycles. The highest BCUT2D eigenvalue weighted by Gasteiger charge is 2.30. The van der Waals surface area contributed by atoms with E-state index in [2.05, 4.69) is 10.3 Å². The van der Waals surface area contributed by atoms with Gasteiger partial charge in [0, 0.05) is 25.6 Å². The first-order valence-corrected chi connectivity index (χ1v) is 8.35. The van der Waals surface area contributed by atoms with Gasteiger partial charge in [-0.3, -0.25) is 14.6 Å². The summed E-state index contributed by atoms with van der Waals surface area (Å²) in [5.41, 5.74) is 16.0. The molecular formula is C15H28N6O4. The molecule has 1 heterocycles. The Kier molecular flexibility index (Phi) is 8.12. The molecule has 0 saturated carbocycles. The second-order valence-corrected chi connectivity index (χ2v) is 6.24. The molecular weight excluding hydrogens is 328 g/mol. The van der Waals surface area contributed by atoms with Gasteiger partial charge in [0.05, 0.1) is 6.04 Å². The van der Waals surface area contributed by atoms with Crippen molar-refractivity contribution < 1.29 is 19.5 Å². The molecule has 2 amide bonds. The first-order chi connectivity index (χ1) is 11.7. The molecule has 1 aliphatic rings. The fourth-order valence-corrected chi connectivity index (χ4v) is 2.70. The minimum absolute atomic E-state index is 0.0518. The lowest BCUT2D eigenvalue weighted by molar-refractivity contribution is -0.143. The van der Waals surface area contributed by atoms with Crippen LogP contribution in [0.4, 0.5) is 0 Å². The number of aliphatic carboxylic acids is 1. The van der Waals surface area contributed by atoms with Gasteiger partial charge in [-0.15, -0.1) is 0 Å². The Hall–Kier alpha value is -2.36. The monoisotopic (exact) mass is 356 g/mol. The zero-order chi connectivity index (χ0) is 19.0. The van der Waals surface area contributed by atoms with Crippen molar-refractivity contribution in [1.29, 1.82) is 0 Å². The van der Waals surface area contributed by atoms with Crippen LogP contribution in [0.25, 0.3) is 0 Å². The van der Waals surface area contributed by atoms with Crippen LogP contribution in [0, 0.1) is 5.92 Å². The van der Waals surface area contributed by atoms with Crippen LogP contribution in [0.2, 0.25) is 0 Å². The Morgan fingerprint density at radius 2 is 1.88 bits per heavy atom. The number of likely N-dealkylation sites (tertiary alicyclic amines) is 1. The molecule has 0 aromatic rings. The van der Waals surface area contributed by atoms with E-state index in [4.69, 9.17) is 17.2 Å². The van der Waals surface area contributed by atoms with Gasteiger partial charge >= 0.3 is 5.97 Å². The molecule has 0 radical (unpaired) electrons. The predicted molar refractivity (Wildman–Crippen MR) is 92.4 cm³/mol. The summed E-state index contributed by atoms with van der Waals surface area (Å²) in [4.78, 5) is 40.8. The summed E-state index contributed by atoms with van der Waals surface area (Å²) in [6.45, 7) is 2.82. The minimum atomic E-state index is -1.09. The van der Waals surface area contributed by atoms with E-state index in [0.717, 1.165) is 0 Å². The van der Waals surface area contributed by atoms with Crippen LogP contribution in [0.15, 0.2) is 4.99 Å². The number of carboxylic acid groups (broad SMARTS) is 1. The van der Waals surface area contributed by atoms with Crippen LogP contribution in [-0.4, -0.2) is 65.5 Å². The van der Waals surface area contributed by atoms with Gasteiger partial charge in [0.25, 0.3) is 0 Å². The Balaban J connectivity index is 2.46. The van der Waals surface area contributed by atoms with E-state index in [1.807, 2.05) is 0 Å². The van der Waals surface area contributed by atoms with Crippen LogP contribution in [0.1, 0.15) is 32.6 Å². The fraction of sp³-hybridized carbons (Fsp3) is 0.733. The largest absolute Gasteiger partial charge is 0.480 e. The first kappa shape index (κ1) is 20.7. The highest BCUT2D eigenvalue weighted by molar-refractivity contribution is 5.85. The number of aliphatic imine (C=N–C) groups is 1. The van der Waals surface area contributed by atoms with E-state index in [1.54, 1.807) is 11.8 Å². The first-order valence-electron chi connectivity index (χ1n) is 8.35. The van der Waals surface area contributed by atoms with Crippen LogP contribution >= 0.6 is 0 Å². The average molecular weight is 356 g/mol. The van der Waals surface area contributed by atoms with Gasteiger partial charge < -0.3 is 32.5 Å². The summed E-state index contributed by atoms with van der Waals surface area (Å²) in [5.74, 6) is -1.90. The third kappa shape index (κ3) is 6.96. The lowest BCUT2D eigenvalue weighted by atomic mass is 9.95. The Morgan fingerprint density at radius 3 is 2.36 bits per heavy atom. The number of carbonyl (C=O) groups excluding carboxylic acids is 2. The van der Waals surface area contributed by atoms with Gasteiger partial charge in [-0.1, -0.05) is 0 Å². The topological polar surface area (TPSA) is 177 Å². The SMILES string of the molecule is CC(N)C(=O)N1CCC(C(=O)NC(CCCN=C(N)N)C(=O)O)CC1. The molecule has 25 heavy (non-hydrogen) atoms. The predicted octanol–water partition coefficient (Wildman–Crippen LogP) is -1.80. The molecule has 0 aromatic carbocycles. The van der Waals surface area contributed by atoms with Crippen molar-refractivity contribution in [3.63, 3.8) is 0 Å². The maximum atomic E-state index is 12.3. The molecule has 142 valence electrons. The number of hydrogen-bond acceptors (Lipinski definition) is 5. The number of amides is 2.